The van der Waals surface area contributed by atoms with Gasteiger partial charge in [0.15, 0.2) is 5.96 Å². The molecule has 2 aliphatic rings. The molecule has 1 aromatic heterocycles. The minimum atomic E-state index is 0.153. The number of nitrogens with one attached hydrogen (secondary N) is 2. The summed E-state index contributed by atoms with van der Waals surface area (Å²) in [6, 6.07) is 0.417. The molecule has 0 amide bonds. The van der Waals surface area contributed by atoms with Gasteiger partial charge in [0.25, 0.3) is 0 Å². The second kappa shape index (κ2) is 6.15. The number of rotatable bonds is 4. The van der Waals surface area contributed by atoms with Gasteiger partial charge in [-0.1, -0.05) is 19.0 Å². The fourth-order valence-electron chi connectivity index (χ4n) is 4.12. The van der Waals surface area contributed by atoms with E-state index in [1.807, 2.05) is 20.9 Å². The summed E-state index contributed by atoms with van der Waals surface area (Å²) in [5.74, 6) is 2.37. The Bertz CT molecular complexity index is 574. The van der Waals surface area contributed by atoms with E-state index in [4.69, 9.17) is 9.26 Å². The summed E-state index contributed by atoms with van der Waals surface area (Å²) in [4.78, 5) is 4.37. The number of aliphatic imine (C=N–C) groups is 1. The zero-order valence-corrected chi connectivity index (χ0v) is 14.8. The number of ether oxygens (including phenoxy) is 1. The zero-order chi connectivity index (χ0) is 16.6. The highest BCUT2D eigenvalue weighted by Gasteiger charge is 2.59. The van der Waals surface area contributed by atoms with Crippen LogP contribution in [0.3, 0.4) is 0 Å². The van der Waals surface area contributed by atoms with Crippen LogP contribution in [-0.2, 0) is 11.2 Å². The summed E-state index contributed by atoms with van der Waals surface area (Å²) < 4.78 is 11.1. The number of aromatic nitrogens is 1. The van der Waals surface area contributed by atoms with Crippen LogP contribution in [0.5, 0.6) is 0 Å². The fourth-order valence-corrected chi connectivity index (χ4v) is 4.12. The van der Waals surface area contributed by atoms with Crippen LogP contribution in [0.25, 0.3) is 0 Å². The molecule has 2 N–H and O–H groups in total. The van der Waals surface area contributed by atoms with Crippen LogP contribution in [0, 0.1) is 25.2 Å². The molecule has 0 radical (unpaired) electrons. The molecule has 2 fully saturated rings. The van der Waals surface area contributed by atoms with Gasteiger partial charge in [-0.05, 0) is 26.7 Å². The summed E-state index contributed by atoms with van der Waals surface area (Å²) >= 11 is 0. The van der Waals surface area contributed by atoms with Crippen molar-refractivity contribution < 1.29 is 9.26 Å². The molecule has 128 valence electrons. The topological polar surface area (TPSA) is 71.7 Å². The number of hydrogen-bond donors (Lipinski definition) is 2. The van der Waals surface area contributed by atoms with E-state index in [9.17, 15) is 0 Å². The van der Waals surface area contributed by atoms with Crippen molar-refractivity contribution in [2.45, 2.75) is 52.7 Å². The molecule has 23 heavy (non-hydrogen) atoms. The first-order chi connectivity index (χ1) is 10.9. The van der Waals surface area contributed by atoms with Crippen LogP contribution >= 0.6 is 0 Å². The third-order valence-electron chi connectivity index (χ3n) is 5.46. The molecule has 6 nitrogen and oxygen atoms in total. The SMILES string of the molecule is CN=C(NCCc1c(C)noc1C)NC1C2CCOC2C1(C)C. The molecule has 1 aliphatic carbocycles. The van der Waals surface area contributed by atoms with Gasteiger partial charge >= 0.3 is 0 Å². The van der Waals surface area contributed by atoms with Crippen molar-refractivity contribution in [3.63, 3.8) is 0 Å². The van der Waals surface area contributed by atoms with E-state index in [-0.39, 0.29) is 5.41 Å². The van der Waals surface area contributed by atoms with Gasteiger partial charge in [-0.3, -0.25) is 4.99 Å². The van der Waals surface area contributed by atoms with Gasteiger partial charge in [0.2, 0.25) is 0 Å². The summed E-state index contributed by atoms with van der Waals surface area (Å²) in [6.07, 6.45) is 2.41. The van der Waals surface area contributed by atoms with E-state index in [2.05, 4.69) is 34.6 Å². The Labute approximate surface area is 138 Å². The van der Waals surface area contributed by atoms with Crippen molar-refractivity contribution in [2.24, 2.45) is 16.3 Å². The molecule has 1 aromatic rings. The molecule has 3 atom stereocenters. The number of hydrogen-bond acceptors (Lipinski definition) is 4. The first kappa shape index (κ1) is 16.3. The standard InChI is InChI=1S/C17H28N4O2/c1-10-12(11(2)23-21-10)6-8-19-16(18-5)20-14-13-7-9-22-15(13)17(14,3)4/h13-15H,6-9H2,1-5H3,(H2,18,19,20). The molecule has 0 spiro atoms. The largest absolute Gasteiger partial charge is 0.377 e. The maximum Gasteiger partial charge on any atom is 0.191 e. The Morgan fingerprint density at radius 3 is 2.83 bits per heavy atom. The maximum absolute atomic E-state index is 5.85. The Balaban J connectivity index is 1.53. The quantitative estimate of drug-likeness (QED) is 0.654. The highest BCUT2D eigenvalue weighted by Crippen LogP contribution is 2.52. The molecule has 1 aliphatic heterocycles. The van der Waals surface area contributed by atoms with Gasteiger partial charge in [0.1, 0.15) is 5.76 Å². The van der Waals surface area contributed by atoms with Gasteiger partial charge in [-0.25, -0.2) is 0 Å². The van der Waals surface area contributed by atoms with Gasteiger partial charge in [-0.15, -0.1) is 0 Å². The lowest BCUT2D eigenvalue weighted by molar-refractivity contribution is -0.106. The van der Waals surface area contributed by atoms with Gasteiger partial charge < -0.3 is 19.9 Å². The summed E-state index contributed by atoms with van der Waals surface area (Å²) in [5, 5.41) is 11.0. The van der Waals surface area contributed by atoms with Crippen molar-refractivity contribution >= 4 is 5.96 Å². The highest BCUT2D eigenvalue weighted by molar-refractivity contribution is 5.80. The molecule has 3 unspecified atom stereocenters. The number of fused-ring (bicyclic) bond motifs is 1. The lowest BCUT2D eigenvalue weighted by atomic mass is 9.57. The van der Waals surface area contributed by atoms with E-state index in [1.165, 1.54) is 5.56 Å². The molecule has 1 saturated carbocycles. The number of aryl methyl sites for hydroxylation is 2. The highest BCUT2D eigenvalue weighted by atomic mass is 16.5. The Kier molecular flexibility index (Phi) is 4.36. The van der Waals surface area contributed by atoms with Crippen molar-refractivity contribution in [1.82, 2.24) is 15.8 Å². The predicted molar refractivity (Wildman–Crippen MR) is 89.6 cm³/mol. The van der Waals surface area contributed by atoms with Crippen LogP contribution in [0.4, 0.5) is 0 Å². The number of nitrogens with zero attached hydrogens (tertiary/aromatic N) is 2. The minimum Gasteiger partial charge on any atom is -0.377 e. The molecule has 3 rings (SSSR count). The lowest BCUT2D eigenvalue weighted by Gasteiger charge is -2.54. The second-order valence-electron chi connectivity index (χ2n) is 7.24. The molecule has 2 heterocycles. The Hall–Kier alpha value is -1.56. The van der Waals surface area contributed by atoms with Gasteiger partial charge in [-0.2, -0.15) is 0 Å². The van der Waals surface area contributed by atoms with Gasteiger partial charge in [0.05, 0.1) is 11.8 Å². The normalized spacial score (nSPS) is 29.1. The van der Waals surface area contributed by atoms with Gasteiger partial charge in [0, 0.05) is 43.1 Å². The van der Waals surface area contributed by atoms with E-state index in [1.54, 1.807) is 0 Å². The molecule has 6 heteroatoms. The smallest absolute Gasteiger partial charge is 0.191 e. The first-order valence-electron chi connectivity index (χ1n) is 8.45. The predicted octanol–water partition coefficient (Wildman–Crippen LogP) is 1.81. The van der Waals surface area contributed by atoms with Crippen LogP contribution in [-0.4, -0.2) is 43.5 Å². The summed E-state index contributed by atoms with van der Waals surface area (Å²) in [5.41, 5.74) is 2.31. The van der Waals surface area contributed by atoms with Crippen molar-refractivity contribution in [1.29, 1.82) is 0 Å². The lowest BCUT2D eigenvalue weighted by Crippen LogP contribution is -2.68. The molecule has 0 bridgehead atoms. The second-order valence-corrected chi connectivity index (χ2v) is 7.24. The van der Waals surface area contributed by atoms with E-state index in [0.29, 0.717) is 18.1 Å². The Morgan fingerprint density at radius 1 is 1.39 bits per heavy atom. The molecule has 0 aromatic carbocycles. The van der Waals surface area contributed by atoms with Crippen LogP contribution in [0.1, 0.15) is 37.3 Å². The number of guanidine groups is 1. The van der Waals surface area contributed by atoms with Crippen molar-refractivity contribution in [2.75, 3.05) is 20.2 Å². The van der Waals surface area contributed by atoms with Crippen LogP contribution in [0.2, 0.25) is 0 Å². The van der Waals surface area contributed by atoms with E-state index >= 15 is 0 Å². The summed E-state index contributed by atoms with van der Waals surface area (Å²) in [7, 11) is 1.82. The molecular formula is C17H28N4O2. The maximum atomic E-state index is 5.85. The van der Waals surface area contributed by atoms with E-state index in [0.717, 1.165) is 43.4 Å². The monoisotopic (exact) mass is 320 g/mol. The zero-order valence-electron chi connectivity index (χ0n) is 14.8. The van der Waals surface area contributed by atoms with Crippen molar-refractivity contribution in [3.8, 4) is 0 Å². The Morgan fingerprint density at radius 2 is 2.17 bits per heavy atom. The molecule has 1 saturated heterocycles. The summed E-state index contributed by atoms with van der Waals surface area (Å²) in [6.45, 7) is 10.2. The first-order valence-corrected chi connectivity index (χ1v) is 8.45. The minimum absolute atomic E-state index is 0.153. The third-order valence-corrected chi connectivity index (χ3v) is 5.46. The average molecular weight is 320 g/mol. The van der Waals surface area contributed by atoms with Crippen LogP contribution in [0.15, 0.2) is 9.52 Å². The fraction of sp³-hybridized carbons (Fsp3) is 0.765. The molecular weight excluding hydrogens is 292 g/mol. The van der Waals surface area contributed by atoms with E-state index < -0.39 is 0 Å². The average Bonchev–Trinajstić information content (AvgIpc) is 3.10. The third kappa shape index (κ3) is 2.84. The van der Waals surface area contributed by atoms with Crippen molar-refractivity contribution in [3.05, 3.63) is 17.0 Å². The van der Waals surface area contributed by atoms with Crippen LogP contribution < -0.4 is 10.6 Å².